The predicted octanol–water partition coefficient (Wildman–Crippen LogP) is 5.52. The summed E-state index contributed by atoms with van der Waals surface area (Å²) in [7, 11) is 0. The lowest BCUT2D eigenvalue weighted by atomic mass is 9.87. The molecule has 2 aromatic heterocycles. The van der Waals surface area contributed by atoms with E-state index in [-0.39, 0.29) is 11.7 Å². The van der Waals surface area contributed by atoms with E-state index in [1.165, 1.54) is 35.4 Å². The van der Waals surface area contributed by atoms with Gasteiger partial charge in [0.05, 0.1) is 28.5 Å². The van der Waals surface area contributed by atoms with E-state index in [4.69, 9.17) is 0 Å². The van der Waals surface area contributed by atoms with Crippen molar-refractivity contribution in [2.24, 2.45) is 5.92 Å². The molecule has 0 saturated heterocycles. The van der Waals surface area contributed by atoms with Crippen LogP contribution in [0.3, 0.4) is 0 Å². The normalized spacial score (nSPS) is 15.9. The number of nitrogens with one attached hydrogen (secondary N) is 1. The van der Waals surface area contributed by atoms with Crippen molar-refractivity contribution in [2.75, 3.05) is 5.32 Å². The minimum absolute atomic E-state index is 0.0648. The van der Waals surface area contributed by atoms with Crippen LogP contribution in [0.15, 0.2) is 30.3 Å². The number of carbonyl (C=O) groups excluding carboxylic acids is 1. The van der Waals surface area contributed by atoms with Crippen LogP contribution in [0.5, 0.6) is 0 Å². The maximum absolute atomic E-state index is 13.1. The van der Waals surface area contributed by atoms with Crippen LogP contribution in [0.2, 0.25) is 0 Å². The van der Waals surface area contributed by atoms with E-state index in [9.17, 15) is 9.18 Å². The summed E-state index contributed by atoms with van der Waals surface area (Å²) in [5.41, 5.74) is 4.75. The molecule has 1 atom stereocenters. The summed E-state index contributed by atoms with van der Waals surface area (Å²) in [6.07, 6.45) is 4.59. The Hall–Kier alpha value is -2.47. The molecular weight excluding hydrogens is 385 g/mol. The fraction of sp³-hybridized carbons (Fsp3) is 0.391. The highest BCUT2D eigenvalue weighted by molar-refractivity contribution is 7.14. The lowest BCUT2D eigenvalue weighted by Crippen LogP contribution is -2.12. The van der Waals surface area contributed by atoms with E-state index in [1.54, 1.807) is 23.5 Å². The summed E-state index contributed by atoms with van der Waals surface area (Å²) >= 11 is 1.62. The van der Waals surface area contributed by atoms with Crippen molar-refractivity contribution in [1.82, 2.24) is 9.78 Å². The molecular formula is C23H26FN3OS. The average Bonchev–Trinajstić information content (AvgIpc) is 3.25. The second-order valence-electron chi connectivity index (χ2n) is 7.86. The van der Waals surface area contributed by atoms with Crippen molar-refractivity contribution in [3.8, 4) is 0 Å². The van der Waals surface area contributed by atoms with Gasteiger partial charge in [0.1, 0.15) is 5.82 Å². The molecule has 4 rings (SSSR count). The van der Waals surface area contributed by atoms with Gasteiger partial charge in [-0.05, 0) is 68.4 Å². The Labute approximate surface area is 174 Å². The molecule has 4 nitrogen and oxygen atoms in total. The smallest absolute Gasteiger partial charge is 0.265 e. The number of carbonyl (C=O) groups is 1. The second-order valence-corrected chi connectivity index (χ2v) is 9.00. The summed E-state index contributed by atoms with van der Waals surface area (Å²) in [6, 6.07) is 8.48. The highest BCUT2D eigenvalue weighted by atomic mass is 32.1. The first-order valence-electron chi connectivity index (χ1n) is 10.2. The van der Waals surface area contributed by atoms with Gasteiger partial charge in [0.2, 0.25) is 0 Å². The molecule has 152 valence electrons. The van der Waals surface area contributed by atoms with Crippen molar-refractivity contribution in [2.45, 2.75) is 53.0 Å². The fourth-order valence-corrected chi connectivity index (χ4v) is 5.13. The van der Waals surface area contributed by atoms with E-state index in [0.717, 1.165) is 46.3 Å². The molecule has 0 bridgehead atoms. The number of thiophene rings is 1. The Morgan fingerprint density at radius 1 is 1.31 bits per heavy atom. The first kappa shape index (κ1) is 19.8. The molecule has 29 heavy (non-hydrogen) atoms. The molecule has 1 aliphatic rings. The summed E-state index contributed by atoms with van der Waals surface area (Å²) in [5.74, 6) is 0.422. The lowest BCUT2D eigenvalue weighted by Gasteiger charge is -2.19. The van der Waals surface area contributed by atoms with Crippen molar-refractivity contribution in [3.63, 3.8) is 0 Å². The SMILES string of the molecule is CC[C@@H]1CCc2sc(C(=O)Nc3c(C)nn(Cc4ccc(F)cc4)c3C)cc2C1. The van der Waals surface area contributed by atoms with Gasteiger partial charge in [-0.2, -0.15) is 5.10 Å². The molecule has 0 radical (unpaired) electrons. The molecule has 0 fully saturated rings. The maximum atomic E-state index is 13.1. The fourth-order valence-electron chi connectivity index (χ4n) is 4.03. The van der Waals surface area contributed by atoms with E-state index < -0.39 is 0 Å². The zero-order valence-electron chi connectivity index (χ0n) is 17.1. The molecule has 1 aromatic carbocycles. The predicted molar refractivity (Wildman–Crippen MR) is 115 cm³/mol. The van der Waals surface area contributed by atoms with Gasteiger partial charge in [0.25, 0.3) is 5.91 Å². The van der Waals surface area contributed by atoms with E-state index in [0.29, 0.717) is 6.54 Å². The number of halogens is 1. The van der Waals surface area contributed by atoms with Gasteiger partial charge in [-0.1, -0.05) is 25.5 Å². The third kappa shape index (κ3) is 4.13. The molecule has 0 saturated carbocycles. The highest BCUT2D eigenvalue weighted by Gasteiger charge is 2.23. The number of benzene rings is 1. The number of rotatable bonds is 5. The third-order valence-electron chi connectivity index (χ3n) is 5.85. The topological polar surface area (TPSA) is 46.9 Å². The van der Waals surface area contributed by atoms with E-state index >= 15 is 0 Å². The molecule has 1 aliphatic carbocycles. The molecule has 3 aromatic rings. The quantitative estimate of drug-likeness (QED) is 0.601. The van der Waals surface area contributed by atoms with Crippen LogP contribution in [0.25, 0.3) is 0 Å². The standard InChI is InChI=1S/C23H26FN3OS/c1-4-16-7-10-20-18(11-16)12-21(29-20)23(28)25-22-14(2)26-27(15(22)3)13-17-5-8-19(24)9-6-17/h5-6,8-9,12,16H,4,7,10-11,13H2,1-3H3,(H,25,28)/t16-/m1/s1. The summed E-state index contributed by atoms with van der Waals surface area (Å²) in [5, 5.41) is 7.64. The maximum Gasteiger partial charge on any atom is 0.265 e. The van der Waals surface area contributed by atoms with Crippen LogP contribution in [0, 0.1) is 25.6 Å². The van der Waals surface area contributed by atoms with Gasteiger partial charge in [-0.15, -0.1) is 11.3 Å². The minimum atomic E-state index is -0.251. The molecule has 6 heteroatoms. The number of fused-ring (bicyclic) bond motifs is 1. The van der Waals surface area contributed by atoms with Crippen molar-refractivity contribution in [1.29, 1.82) is 0 Å². The minimum Gasteiger partial charge on any atom is -0.318 e. The first-order chi connectivity index (χ1) is 13.9. The molecule has 0 spiro atoms. The van der Waals surface area contributed by atoms with Crippen LogP contribution in [-0.4, -0.2) is 15.7 Å². The summed E-state index contributed by atoms with van der Waals surface area (Å²) in [4.78, 5) is 15.0. The molecule has 1 N–H and O–H groups in total. The van der Waals surface area contributed by atoms with Gasteiger partial charge in [-0.25, -0.2) is 4.39 Å². The number of nitrogens with zero attached hydrogens (tertiary/aromatic N) is 2. The monoisotopic (exact) mass is 411 g/mol. The van der Waals surface area contributed by atoms with Crippen molar-refractivity contribution in [3.05, 3.63) is 68.4 Å². The number of hydrogen-bond donors (Lipinski definition) is 1. The largest absolute Gasteiger partial charge is 0.318 e. The number of aryl methyl sites for hydroxylation is 2. The summed E-state index contributed by atoms with van der Waals surface area (Å²) < 4.78 is 15.0. The number of hydrogen-bond acceptors (Lipinski definition) is 3. The van der Waals surface area contributed by atoms with E-state index in [1.807, 2.05) is 18.5 Å². The highest BCUT2D eigenvalue weighted by Crippen LogP contribution is 2.34. The van der Waals surface area contributed by atoms with Crippen molar-refractivity contribution >= 4 is 22.9 Å². The van der Waals surface area contributed by atoms with Crippen LogP contribution in [0.4, 0.5) is 10.1 Å². The second kappa shape index (κ2) is 8.11. The Bertz CT molecular complexity index is 1040. The Morgan fingerprint density at radius 2 is 2.07 bits per heavy atom. The van der Waals surface area contributed by atoms with Gasteiger partial charge in [0.15, 0.2) is 0 Å². The van der Waals surface area contributed by atoms with Crippen LogP contribution in [0.1, 0.15) is 56.8 Å². The van der Waals surface area contributed by atoms with Gasteiger partial charge in [0, 0.05) is 4.88 Å². The molecule has 1 amide bonds. The number of anilines is 1. The first-order valence-corrected chi connectivity index (χ1v) is 11.0. The average molecular weight is 412 g/mol. The van der Waals surface area contributed by atoms with Crippen LogP contribution >= 0.6 is 11.3 Å². The van der Waals surface area contributed by atoms with Gasteiger partial charge in [-0.3, -0.25) is 9.48 Å². The van der Waals surface area contributed by atoms with Gasteiger partial charge < -0.3 is 5.32 Å². The Morgan fingerprint density at radius 3 is 2.79 bits per heavy atom. The lowest BCUT2D eigenvalue weighted by molar-refractivity contribution is 0.103. The molecule has 0 aliphatic heterocycles. The van der Waals surface area contributed by atoms with Crippen LogP contribution in [-0.2, 0) is 19.4 Å². The number of amides is 1. The molecule has 0 unspecified atom stereocenters. The van der Waals surface area contributed by atoms with E-state index in [2.05, 4.69) is 23.4 Å². The van der Waals surface area contributed by atoms with Crippen LogP contribution < -0.4 is 5.32 Å². The van der Waals surface area contributed by atoms with Gasteiger partial charge >= 0.3 is 0 Å². The molecule has 2 heterocycles. The Kier molecular flexibility index (Phi) is 5.54. The van der Waals surface area contributed by atoms with Crippen molar-refractivity contribution < 1.29 is 9.18 Å². The zero-order chi connectivity index (χ0) is 20.5. The summed E-state index contributed by atoms with van der Waals surface area (Å²) in [6.45, 7) is 6.62. The zero-order valence-corrected chi connectivity index (χ0v) is 17.9. The number of aromatic nitrogens is 2. The Balaban J connectivity index is 1.51. The third-order valence-corrected chi connectivity index (χ3v) is 7.09.